The first-order valence-corrected chi connectivity index (χ1v) is 15.3. The van der Waals surface area contributed by atoms with E-state index < -0.39 is 23.5 Å². The van der Waals surface area contributed by atoms with Crippen LogP contribution in [0.3, 0.4) is 0 Å². The van der Waals surface area contributed by atoms with E-state index in [1.54, 1.807) is 77.6 Å². The number of halogens is 6. The van der Waals surface area contributed by atoms with Crippen LogP contribution in [0.15, 0.2) is 97.1 Å². The van der Waals surface area contributed by atoms with Crippen LogP contribution in [0.1, 0.15) is 28.3 Å². The molecule has 50 heavy (non-hydrogen) atoms. The van der Waals surface area contributed by atoms with Gasteiger partial charge in [0.1, 0.15) is 11.6 Å². The van der Waals surface area contributed by atoms with Gasteiger partial charge in [0, 0.05) is 27.1 Å². The maximum absolute atomic E-state index is 14.2. The molecule has 6 nitrogen and oxygen atoms in total. The molecule has 0 spiro atoms. The lowest BCUT2D eigenvalue weighted by atomic mass is 10.0. The van der Waals surface area contributed by atoms with Crippen LogP contribution in [0, 0.1) is 25.2 Å². The Kier molecular flexibility index (Phi) is 6.77. The Bertz CT molecular complexity index is 2710. The molecule has 0 bridgehead atoms. The number of aryl methyl sites for hydroxylation is 2. The maximum atomic E-state index is 14.2. The van der Waals surface area contributed by atoms with Crippen LogP contribution in [0.25, 0.3) is 66.4 Å². The van der Waals surface area contributed by atoms with E-state index in [9.17, 15) is 31.6 Å². The normalized spacial score (nSPS) is 12.4. The third-order valence-corrected chi connectivity index (χ3v) is 8.82. The van der Waals surface area contributed by atoms with Crippen molar-refractivity contribution in [2.75, 3.05) is 0 Å². The molecule has 0 atom stereocenters. The molecule has 5 aromatic carbocycles. The number of fused-ring (bicyclic) bond motifs is 6. The summed E-state index contributed by atoms with van der Waals surface area (Å²) in [6.45, 7) is 3.34. The molecule has 0 aliphatic carbocycles. The number of rotatable bonds is 3. The summed E-state index contributed by atoms with van der Waals surface area (Å²) in [6.07, 6.45) is -9.32. The fraction of sp³-hybridized carbons (Fsp3) is 0.105. The van der Waals surface area contributed by atoms with Gasteiger partial charge in [0.2, 0.25) is 0 Å². The smallest absolute Gasteiger partial charge is 0.307 e. The van der Waals surface area contributed by atoms with Gasteiger partial charge in [0.05, 0.1) is 56.2 Å². The van der Waals surface area contributed by atoms with Gasteiger partial charge < -0.3 is 9.13 Å². The molecule has 0 saturated heterocycles. The molecule has 0 radical (unpaired) electrons. The van der Waals surface area contributed by atoms with Gasteiger partial charge >= 0.3 is 12.4 Å². The van der Waals surface area contributed by atoms with Crippen LogP contribution < -0.4 is 0 Å². The van der Waals surface area contributed by atoms with Gasteiger partial charge in [-0.25, -0.2) is 15.0 Å². The van der Waals surface area contributed by atoms with Gasteiger partial charge in [0.25, 0.3) is 0 Å². The van der Waals surface area contributed by atoms with Crippen LogP contribution in [0.4, 0.5) is 26.3 Å². The van der Waals surface area contributed by atoms with Crippen LogP contribution >= 0.6 is 0 Å². The van der Waals surface area contributed by atoms with Gasteiger partial charge in [-0.15, -0.1) is 0 Å². The first kappa shape index (κ1) is 31.1. The second-order valence-corrected chi connectivity index (χ2v) is 11.9. The van der Waals surface area contributed by atoms with Crippen molar-refractivity contribution in [1.82, 2.24) is 24.1 Å². The number of nitriles is 1. The Hall–Kier alpha value is -6.22. The molecule has 3 aromatic heterocycles. The van der Waals surface area contributed by atoms with Crippen molar-refractivity contribution in [3.63, 3.8) is 0 Å². The van der Waals surface area contributed by atoms with E-state index in [2.05, 4.69) is 21.0 Å². The first-order valence-electron chi connectivity index (χ1n) is 15.3. The summed E-state index contributed by atoms with van der Waals surface area (Å²) >= 11 is 0. The van der Waals surface area contributed by atoms with Gasteiger partial charge in [-0.05, 0) is 62.4 Å². The Labute approximate surface area is 279 Å². The molecule has 8 aromatic rings. The Morgan fingerprint density at radius 2 is 0.980 bits per heavy atom. The Morgan fingerprint density at radius 3 is 1.44 bits per heavy atom. The monoisotopic (exact) mass is 676 g/mol. The van der Waals surface area contributed by atoms with E-state index >= 15 is 0 Å². The highest BCUT2D eigenvalue weighted by atomic mass is 19.4. The average Bonchev–Trinajstić information content (AvgIpc) is 3.58. The number of benzene rings is 5. The zero-order valence-electron chi connectivity index (χ0n) is 26.2. The Morgan fingerprint density at radius 1 is 0.540 bits per heavy atom. The van der Waals surface area contributed by atoms with E-state index in [0.29, 0.717) is 49.9 Å². The zero-order chi connectivity index (χ0) is 35.1. The standard InChI is InChI=1S/C38H22F6N6/c1-20-46-21(2)48-36(47-20)29-18-35(50-31-10-6-4-8-26(31)28-14-12-24(17-33(28)50)38(42,43)44)34(15-22(29)19-45)49-30-9-5-3-7-25(30)27-13-11-23(16-32(27)49)37(39,40)41/h3-18H,1-2H3. The van der Waals surface area contributed by atoms with E-state index in [1.807, 2.05) is 0 Å². The summed E-state index contributed by atoms with van der Waals surface area (Å²) < 4.78 is 88.3. The first-order chi connectivity index (χ1) is 23.8. The van der Waals surface area contributed by atoms with Crippen molar-refractivity contribution in [3.8, 4) is 28.8 Å². The number of aromatic nitrogens is 5. The number of hydrogen-bond donors (Lipinski definition) is 0. The molecule has 0 fully saturated rings. The summed E-state index contributed by atoms with van der Waals surface area (Å²) in [4.78, 5) is 13.2. The topological polar surface area (TPSA) is 72.3 Å². The van der Waals surface area contributed by atoms with Gasteiger partial charge in [-0.3, -0.25) is 0 Å². The second-order valence-electron chi connectivity index (χ2n) is 11.9. The number of para-hydroxylation sites is 2. The second kappa shape index (κ2) is 10.9. The molecule has 0 unspecified atom stereocenters. The molecule has 12 heteroatoms. The van der Waals surface area contributed by atoms with Crippen molar-refractivity contribution in [3.05, 3.63) is 125 Å². The fourth-order valence-electron chi connectivity index (χ4n) is 6.76. The zero-order valence-corrected chi connectivity index (χ0v) is 26.2. The predicted octanol–water partition coefficient (Wildman–Crippen LogP) is 10.3. The number of alkyl halides is 6. The van der Waals surface area contributed by atoms with Gasteiger partial charge in [0.15, 0.2) is 5.82 Å². The highest BCUT2D eigenvalue weighted by Crippen LogP contribution is 2.43. The largest absolute Gasteiger partial charge is 0.416 e. The molecule has 0 aliphatic rings. The quantitative estimate of drug-likeness (QED) is 0.175. The lowest BCUT2D eigenvalue weighted by Gasteiger charge is -2.19. The van der Waals surface area contributed by atoms with Crippen molar-refractivity contribution >= 4 is 43.6 Å². The van der Waals surface area contributed by atoms with E-state index in [1.165, 1.54) is 18.2 Å². The highest BCUT2D eigenvalue weighted by molar-refractivity contribution is 6.12. The maximum Gasteiger partial charge on any atom is 0.416 e. The van der Waals surface area contributed by atoms with Gasteiger partial charge in [-0.2, -0.15) is 31.6 Å². The van der Waals surface area contributed by atoms with Crippen LogP contribution in [0.5, 0.6) is 0 Å². The van der Waals surface area contributed by atoms with Crippen molar-refractivity contribution in [2.45, 2.75) is 26.2 Å². The van der Waals surface area contributed by atoms with E-state index in [-0.39, 0.29) is 33.7 Å². The minimum atomic E-state index is -4.66. The summed E-state index contributed by atoms with van der Waals surface area (Å²) in [7, 11) is 0. The molecular weight excluding hydrogens is 654 g/mol. The lowest BCUT2D eigenvalue weighted by Crippen LogP contribution is -2.09. The highest BCUT2D eigenvalue weighted by Gasteiger charge is 2.33. The minimum absolute atomic E-state index is 0.100. The summed E-state index contributed by atoms with van der Waals surface area (Å²) in [5.41, 5.74) is 0.647. The van der Waals surface area contributed by atoms with Crippen LogP contribution in [-0.4, -0.2) is 24.1 Å². The van der Waals surface area contributed by atoms with E-state index in [0.717, 1.165) is 24.3 Å². The average molecular weight is 677 g/mol. The number of nitrogens with zero attached hydrogens (tertiary/aromatic N) is 6. The predicted molar refractivity (Wildman–Crippen MR) is 178 cm³/mol. The SMILES string of the molecule is Cc1nc(C)nc(-c2cc(-n3c4ccccc4c4ccc(C(F)(F)F)cc43)c(-n3c4ccccc4c4ccc(C(F)(F)F)cc43)cc2C#N)n1. The molecule has 3 heterocycles. The summed E-state index contributed by atoms with van der Waals surface area (Å²) in [5.74, 6) is 0.934. The lowest BCUT2D eigenvalue weighted by molar-refractivity contribution is -0.138. The third-order valence-electron chi connectivity index (χ3n) is 8.82. The van der Waals surface area contributed by atoms with Crippen LogP contribution in [0.2, 0.25) is 0 Å². The summed E-state index contributed by atoms with van der Waals surface area (Å²) in [5, 5.41) is 12.8. The van der Waals surface area contributed by atoms with Gasteiger partial charge in [-0.1, -0.05) is 48.5 Å². The fourth-order valence-corrected chi connectivity index (χ4v) is 6.76. The minimum Gasteiger partial charge on any atom is -0.307 e. The van der Waals surface area contributed by atoms with Crippen molar-refractivity contribution in [1.29, 1.82) is 5.26 Å². The Balaban J connectivity index is 1.59. The molecule has 0 N–H and O–H groups in total. The summed E-state index contributed by atoms with van der Waals surface area (Å²) in [6, 6.07) is 26.4. The molecule has 0 amide bonds. The molecular formula is C38H22F6N6. The number of hydrogen-bond acceptors (Lipinski definition) is 4. The van der Waals surface area contributed by atoms with E-state index in [4.69, 9.17) is 0 Å². The molecule has 0 saturated carbocycles. The molecule has 246 valence electrons. The molecule has 0 aliphatic heterocycles. The third kappa shape index (κ3) is 4.84. The molecule has 8 rings (SSSR count). The van der Waals surface area contributed by atoms with Crippen molar-refractivity contribution in [2.24, 2.45) is 0 Å². The van der Waals surface area contributed by atoms with Crippen molar-refractivity contribution < 1.29 is 26.3 Å². The van der Waals surface area contributed by atoms with Crippen LogP contribution in [-0.2, 0) is 12.4 Å².